The van der Waals surface area contributed by atoms with E-state index in [1.807, 2.05) is 45.0 Å². The van der Waals surface area contributed by atoms with Crippen LogP contribution < -0.4 is 10.6 Å². The highest BCUT2D eigenvalue weighted by atomic mass is 16.5. The van der Waals surface area contributed by atoms with Gasteiger partial charge in [-0.3, -0.25) is 0 Å². The van der Waals surface area contributed by atoms with Crippen molar-refractivity contribution in [1.82, 2.24) is 15.0 Å². The van der Waals surface area contributed by atoms with Crippen molar-refractivity contribution in [3.63, 3.8) is 0 Å². The summed E-state index contributed by atoms with van der Waals surface area (Å²) >= 11 is 0. The molecule has 0 radical (unpaired) electrons. The largest absolute Gasteiger partial charge is 0.478 e. The zero-order chi connectivity index (χ0) is 23.4. The van der Waals surface area contributed by atoms with E-state index in [-0.39, 0.29) is 11.7 Å². The maximum absolute atomic E-state index is 11.5. The number of aryl methyl sites for hydroxylation is 1. The second-order valence-corrected chi connectivity index (χ2v) is 8.15. The number of rotatable bonds is 9. The van der Waals surface area contributed by atoms with Gasteiger partial charge in [0.1, 0.15) is 5.52 Å². The molecule has 0 aliphatic heterocycles. The first-order chi connectivity index (χ1) is 15.9. The van der Waals surface area contributed by atoms with Crippen LogP contribution in [0.3, 0.4) is 0 Å². The molecular weight excluding hydrogens is 418 g/mol. The van der Waals surface area contributed by atoms with Crippen LogP contribution in [-0.2, 0) is 4.74 Å². The van der Waals surface area contributed by atoms with Gasteiger partial charge in [-0.05, 0) is 57.0 Å². The molecule has 0 spiro atoms. The maximum atomic E-state index is 11.5. The van der Waals surface area contributed by atoms with Crippen LogP contribution in [0.15, 0.2) is 48.7 Å². The number of anilines is 3. The molecule has 2 aromatic heterocycles. The summed E-state index contributed by atoms with van der Waals surface area (Å²) in [5.74, 6) is 0.0473. The van der Waals surface area contributed by atoms with Crippen molar-refractivity contribution in [2.75, 3.05) is 23.8 Å². The van der Waals surface area contributed by atoms with E-state index in [2.05, 4.69) is 15.6 Å². The Hall–Kier alpha value is -3.78. The molecule has 0 bridgehead atoms. The van der Waals surface area contributed by atoms with Gasteiger partial charge in [-0.15, -0.1) is 0 Å². The minimum absolute atomic E-state index is 0.179. The van der Waals surface area contributed by atoms with Crippen LogP contribution in [0.4, 0.5) is 17.5 Å². The lowest BCUT2D eigenvalue weighted by Crippen LogP contribution is -2.11. The number of aromatic nitrogens is 3. The average Bonchev–Trinajstić information content (AvgIpc) is 2.78. The number of aromatic carboxylic acids is 1. The minimum atomic E-state index is -0.996. The summed E-state index contributed by atoms with van der Waals surface area (Å²) in [4.78, 5) is 25.4. The van der Waals surface area contributed by atoms with Crippen molar-refractivity contribution in [1.29, 1.82) is 0 Å². The predicted molar refractivity (Wildman–Crippen MR) is 130 cm³/mol. The highest BCUT2D eigenvalue weighted by Crippen LogP contribution is 2.31. The van der Waals surface area contributed by atoms with Crippen molar-refractivity contribution in [3.05, 3.63) is 59.8 Å². The maximum Gasteiger partial charge on any atom is 0.335 e. The van der Waals surface area contributed by atoms with Crippen molar-refractivity contribution < 1.29 is 14.6 Å². The Kier molecular flexibility index (Phi) is 6.65. The summed E-state index contributed by atoms with van der Waals surface area (Å²) in [6.45, 7) is 7.39. The third-order valence-corrected chi connectivity index (χ3v) is 5.12. The second-order valence-electron chi connectivity index (χ2n) is 8.15. The first-order valence-corrected chi connectivity index (χ1v) is 10.9. The van der Waals surface area contributed by atoms with E-state index in [9.17, 15) is 9.90 Å². The topological polar surface area (TPSA) is 109 Å². The molecule has 0 amide bonds. The van der Waals surface area contributed by atoms with E-state index in [0.717, 1.165) is 28.4 Å². The van der Waals surface area contributed by atoms with E-state index in [4.69, 9.17) is 14.7 Å². The van der Waals surface area contributed by atoms with Crippen molar-refractivity contribution in [2.45, 2.75) is 33.3 Å². The Balaban J connectivity index is 1.73. The Morgan fingerprint density at radius 3 is 2.73 bits per heavy atom. The number of carboxylic acid groups (broad SMARTS) is 1. The summed E-state index contributed by atoms with van der Waals surface area (Å²) < 4.78 is 5.58. The van der Waals surface area contributed by atoms with Gasteiger partial charge in [-0.2, -0.15) is 0 Å². The van der Waals surface area contributed by atoms with Crippen LogP contribution >= 0.6 is 0 Å². The molecule has 4 aromatic rings. The first-order valence-electron chi connectivity index (χ1n) is 10.9. The molecule has 0 aliphatic carbocycles. The molecular formula is C25H27N5O3. The molecule has 0 saturated heterocycles. The standard InChI is InChI=1S/C25H27N5O3/c1-15(2)33-11-5-10-26-25-27-14-20-19-9-8-17(24(31)32)13-21(19)29-23(22(20)30-25)28-18-7-4-6-16(3)12-18/h4,6-9,12-15H,5,10-11H2,1-3H3,(H,28,29)(H,31,32)(H,26,27,30). The van der Waals surface area contributed by atoms with Gasteiger partial charge in [0.2, 0.25) is 5.95 Å². The molecule has 0 unspecified atom stereocenters. The number of pyridine rings is 1. The van der Waals surface area contributed by atoms with Gasteiger partial charge in [-0.1, -0.05) is 18.2 Å². The smallest absolute Gasteiger partial charge is 0.335 e. The van der Waals surface area contributed by atoms with Crippen LogP contribution in [0.25, 0.3) is 21.8 Å². The zero-order valence-corrected chi connectivity index (χ0v) is 18.9. The quantitative estimate of drug-likeness (QED) is 0.240. The van der Waals surface area contributed by atoms with Crippen molar-refractivity contribution >= 4 is 45.2 Å². The summed E-state index contributed by atoms with van der Waals surface area (Å²) in [6.07, 6.45) is 2.79. The second kappa shape index (κ2) is 9.79. The third-order valence-electron chi connectivity index (χ3n) is 5.12. The number of nitrogens with one attached hydrogen (secondary N) is 2. The lowest BCUT2D eigenvalue weighted by Gasteiger charge is -2.13. The third kappa shape index (κ3) is 5.35. The predicted octanol–water partition coefficient (Wildman–Crippen LogP) is 5.16. The molecule has 3 N–H and O–H groups in total. The van der Waals surface area contributed by atoms with Gasteiger partial charge in [0.15, 0.2) is 5.82 Å². The average molecular weight is 446 g/mol. The summed E-state index contributed by atoms with van der Waals surface area (Å²) in [5.41, 5.74) is 3.38. The van der Waals surface area contributed by atoms with Crippen LogP contribution in [0, 0.1) is 6.92 Å². The number of carboxylic acids is 1. The summed E-state index contributed by atoms with van der Waals surface area (Å²) in [6, 6.07) is 12.8. The number of nitrogens with zero attached hydrogens (tertiary/aromatic N) is 3. The molecule has 8 heteroatoms. The molecule has 0 atom stereocenters. The van der Waals surface area contributed by atoms with Gasteiger partial charge in [-0.25, -0.2) is 19.7 Å². The normalized spacial score (nSPS) is 11.3. The van der Waals surface area contributed by atoms with E-state index in [1.54, 1.807) is 24.4 Å². The minimum Gasteiger partial charge on any atom is -0.478 e. The number of fused-ring (bicyclic) bond motifs is 3. The van der Waals surface area contributed by atoms with Crippen LogP contribution in [0.5, 0.6) is 0 Å². The molecule has 0 fully saturated rings. The van der Waals surface area contributed by atoms with Crippen LogP contribution in [0.2, 0.25) is 0 Å². The number of hydrogen-bond donors (Lipinski definition) is 3. The molecule has 0 saturated carbocycles. The van der Waals surface area contributed by atoms with Crippen LogP contribution in [0.1, 0.15) is 36.2 Å². The summed E-state index contributed by atoms with van der Waals surface area (Å²) in [7, 11) is 0. The van der Waals surface area contributed by atoms with E-state index < -0.39 is 5.97 Å². The fraction of sp³-hybridized carbons (Fsp3) is 0.280. The summed E-state index contributed by atoms with van der Waals surface area (Å²) in [5, 5.41) is 17.6. The Morgan fingerprint density at radius 2 is 1.97 bits per heavy atom. The van der Waals surface area contributed by atoms with Gasteiger partial charge in [0.05, 0.1) is 17.2 Å². The molecule has 4 rings (SSSR count). The number of benzene rings is 2. The molecule has 0 aliphatic rings. The SMILES string of the molecule is Cc1cccc(Nc2nc3cc(C(=O)O)ccc3c3cnc(NCCCOC(C)C)nc23)c1. The molecule has 170 valence electrons. The molecule has 33 heavy (non-hydrogen) atoms. The zero-order valence-electron chi connectivity index (χ0n) is 18.9. The van der Waals surface area contributed by atoms with E-state index >= 15 is 0 Å². The highest BCUT2D eigenvalue weighted by molar-refractivity contribution is 6.10. The Bertz CT molecular complexity index is 1310. The first kappa shape index (κ1) is 22.4. The number of hydrogen-bond acceptors (Lipinski definition) is 7. The lowest BCUT2D eigenvalue weighted by molar-refractivity contribution is 0.0696. The van der Waals surface area contributed by atoms with E-state index in [1.165, 1.54) is 0 Å². The van der Waals surface area contributed by atoms with E-state index in [0.29, 0.717) is 36.0 Å². The van der Waals surface area contributed by atoms with Crippen LogP contribution in [-0.4, -0.2) is 45.3 Å². The monoisotopic (exact) mass is 445 g/mol. The fourth-order valence-electron chi connectivity index (χ4n) is 3.54. The van der Waals surface area contributed by atoms with Crippen molar-refractivity contribution in [2.24, 2.45) is 0 Å². The highest BCUT2D eigenvalue weighted by Gasteiger charge is 2.14. The van der Waals surface area contributed by atoms with Gasteiger partial charge in [0.25, 0.3) is 0 Å². The number of carbonyl (C=O) groups is 1. The lowest BCUT2D eigenvalue weighted by atomic mass is 10.1. The van der Waals surface area contributed by atoms with Crippen molar-refractivity contribution in [3.8, 4) is 0 Å². The number of ether oxygens (including phenoxy) is 1. The molecule has 2 aromatic carbocycles. The van der Waals surface area contributed by atoms with Gasteiger partial charge >= 0.3 is 5.97 Å². The Labute approximate surface area is 192 Å². The fourth-order valence-corrected chi connectivity index (χ4v) is 3.54. The molecule has 2 heterocycles. The molecule has 8 nitrogen and oxygen atoms in total. The van der Waals surface area contributed by atoms with Gasteiger partial charge in [0, 0.05) is 35.8 Å². The van der Waals surface area contributed by atoms with Gasteiger partial charge < -0.3 is 20.5 Å². The Morgan fingerprint density at radius 1 is 1.12 bits per heavy atom.